The van der Waals surface area contributed by atoms with Crippen LogP contribution in [-0.2, 0) is 12.6 Å². The number of para-hydroxylation sites is 2. The Morgan fingerprint density at radius 2 is 1.17 bits per heavy atom. The quantitative estimate of drug-likeness (QED) is 0.172. The maximum absolute atomic E-state index is 14.4. The maximum Gasteiger partial charge on any atom is 0.416 e. The summed E-state index contributed by atoms with van der Waals surface area (Å²) in [7, 11) is 0. The predicted octanol–water partition coefficient (Wildman–Crippen LogP) is 14.1. The summed E-state index contributed by atoms with van der Waals surface area (Å²) >= 11 is 0. The molecule has 280 valence electrons. The monoisotopic (exact) mass is 759 g/mol. The summed E-state index contributed by atoms with van der Waals surface area (Å²) in [6, 6.07) is 51.2. The van der Waals surface area contributed by atoms with Crippen LogP contribution in [0.1, 0.15) is 45.5 Å². The lowest BCUT2D eigenvalue weighted by molar-refractivity contribution is -0.137. The molecule has 0 atom stereocenters. The highest BCUT2D eigenvalue weighted by Gasteiger charge is 2.31. The van der Waals surface area contributed by atoms with Crippen LogP contribution in [-0.4, -0.2) is 9.13 Å². The number of nitrogens with zero attached hydrogens (tertiary/aromatic N) is 3. The first-order valence-corrected chi connectivity index (χ1v) is 19.4. The van der Waals surface area contributed by atoms with Gasteiger partial charge in [-0.2, -0.15) is 18.4 Å². The van der Waals surface area contributed by atoms with Gasteiger partial charge in [0.15, 0.2) is 0 Å². The molecule has 58 heavy (non-hydrogen) atoms. The standard InChI is InChI=1S/C52H36F3N3/c1-32-12-3-5-16-39(32)35-22-24-48-44(27-35)41-18-7-9-20-46(41)57(48)50-30-43(34-14-11-15-38(26-34)52(53,54)55)51(29-37(50)31-56)58-47-21-10-8-19-42(47)45-28-36(23-25-49(45)58)40-17-6-4-13-33(40)2/h3-22,24,26-30H,23,25H2,1-2H3. The van der Waals surface area contributed by atoms with E-state index < -0.39 is 11.7 Å². The van der Waals surface area contributed by atoms with E-state index in [2.05, 4.69) is 102 Å². The van der Waals surface area contributed by atoms with Gasteiger partial charge in [-0.25, -0.2) is 0 Å². The molecule has 0 saturated carbocycles. The molecule has 0 fully saturated rings. The molecule has 0 radical (unpaired) electrons. The Hall–Kier alpha value is -7.10. The molecular weight excluding hydrogens is 724 g/mol. The number of rotatable bonds is 5. The van der Waals surface area contributed by atoms with Crippen LogP contribution in [0.4, 0.5) is 13.2 Å². The zero-order chi connectivity index (χ0) is 39.7. The molecular formula is C52H36F3N3. The van der Waals surface area contributed by atoms with Gasteiger partial charge in [-0.15, -0.1) is 0 Å². The Morgan fingerprint density at radius 1 is 0.534 bits per heavy atom. The molecule has 2 aromatic heterocycles. The van der Waals surface area contributed by atoms with Gasteiger partial charge in [-0.05, 0) is 120 Å². The predicted molar refractivity (Wildman–Crippen MR) is 230 cm³/mol. The SMILES string of the molecule is Cc1ccccc1C1=Cc2c(n(-c3cc(C#N)c(-n4c5ccccc5c5cc(-c6ccccc6C)ccc54)cc3-c3cccc(C(F)(F)F)c3)c3ccccc23)CC1. The number of aromatic nitrogens is 2. The second-order valence-electron chi connectivity index (χ2n) is 15.2. The third-order valence-electron chi connectivity index (χ3n) is 11.8. The number of fused-ring (bicyclic) bond motifs is 6. The number of hydrogen-bond donors (Lipinski definition) is 0. The third kappa shape index (κ3) is 5.65. The minimum atomic E-state index is -4.54. The Balaban J connectivity index is 1.27. The zero-order valence-electron chi connectivity index (χ0n) is 31.9. The molecule has 3 nitrogen and oxygen atoms in total. The first-order chi connectivity index (χ1) is 28.2. The second kappa shape index (κ2) is 13.5. The van der Waals surface area contributed by atoms with E-state index >= 15 is 0 Å². The van der Waals surface area contributed by atoms with Crippen LogP contribution in [0.15, 0.2) is 152 Å². The van der Waals surface area contributed by atoms with E-state index in [1.807, 2.05) is 60.7 Å². The lowest BCUT2D eigenvalue weighted by atomic mass is 9.89. The van der Waals surface area contributed by atoms with Crippen LogP contribution in [0.25, 0.3) is 78.0 Å². The normalized spacial score (nSPS) is 12.9. The molecule has 9 aromatic rings. The van der Waals surface area contributed by atoms with Crippen molar-refractivity contribution in [2.24, 2.45) is 0 Å². The average Bonchev–Trinajstić information content (AvgIpc) is 3.75. The van der Waals surface area contributed by atoms with Gasteiger partial charge in [-0.1, -0.05) is 103 Å². The smallest absolute Gasteiger partial charge is 0.312 e. The van der Waals surface area contributed by atoms with Crippen molar-refractivity contribution in [2.45, 2.75) is 32.9 Å². The van der Waals surface area contributed by atoms with Crippen molar-refractivity contribution in [1.29, 1.82) is 5.26 Å². The molecule has 1 aliphatic rings. The van der Waals surface area contributed by atoms with Gasteiger partial charge in [0.05, 0.1) is 39.1 Å². The highest BCUT2D eigenvalue weighted by atomic mass is 19.4. The molecule has 0 saturated heterocycles. The van der Waals surface area contributed by atoms with Crippen molar-refractivity contribution in [1.82, 2.24) is 9.13 Å². The molecule has 1 aliphatic carbocycles. The van der Waals surface area contributed by atoms with Crippen molar-refractivity contribution >= 4 is 44.4 Å². The van der Waals surface area contributed by atoms with Gasteiger partial charge in [0.2, 0.25) is 0 Å². The molecule has 0 spiro atoms. The van der Waals surface area contributed by atoms with E-state index in [9.17, 15) is 18.4 Å². The number of aryl methyl sites for hydroxylation is 2. The van der Waals surface area contributed by atoms with Gasteiger partial charge in [0, 0.05) is 33.0 Å². The van der Waals surface area contributed by atoms with Gasteiger partial charge in [0.1, 0.15) is 6.07 Å². The van der Waals surface area contributed by atoms with Crippen molar-refractivity contribution < 1.29 is 13.2 Å². The number of allylic oxidation sites excluding steroid dienone is 1. The summed E-state index contributed by atoms with van der Waals surface area (Å²) in [5, 5.41) is 14.1. The Morgan fingerprint density at radius 3 is 1.90 bits per heavy atom. The fraction of sp³-hybridized carbons (Fsp3) is 0.0962. The highest BCUT2D eigenvalue weighted by Crippen LogP contribution is 2.44. The van der Waals surface area contributed by atoms with Crippen LogP contribution in [0, 0.1) is 25.2 Å². The Kier molecular flexibility index (Phi) is 8.24. The lowest BCUT2D eigenvalue weighted by Gasteiger charge is -2.22. The van der Waals surface area contributed by atoms with E-state index in [-0.39, 0.29) is 0 Å². The van der Waals surface area contributed by atoms with E-state index in [1.54, 1.807) is 6.07 Å². The van der Waals surface area contributed by atoms with Gasteiger partial charge < -0.3 is 9.13 Å². The summed E-state index contributed by atoms with van der Waals surface area (Å²) < 4.78 is 47.4. The average molecular weight is 760 g/mol. The number of benzene rings is 7. The number of halogens is 3. The van der Waals surface area contributed by atoms with Crippen LogP contribution in [0.5, 0.6) is 0 Å². The van der Waals surface area contributed by atoms with Crippen molar-refractivity contribution in [3.8, 4) is 39.7 Å². The summed E-state index contributed by atoms with van der Waals surface area (Å²) in [5.41, 5.74) is 13.9. The minimum absolute atomic E-state index is 0.412. The second-order valence-corrected chi connectivity index (χ2v) is 15.2. The molecule has 2 heterocycles. The topological polar surface area (TPSA) is 33.6 Å². The largest absolute Gasteiger partial charge is 0.416 e. The fourth-order valence-electron chi connectivity index (χ4n) is 9.07. The summed E-state index contributed by atoms with van der Waals surface area (Å²) in [5.74, 6) is 0. The van der Waals surface area contributed by atoms with Crippen molar-refractivity contribution in [3.63, 3.8) is 0 Å². The first-order valence-electron chi connectivity index (χ1n) is 19.4. The van der Waals surface area contributed by atoms with Crippen molar-refractivity contribution in [2.75, 3.05) is 0 Å². The van der Waals surface area contributed by atoms with E-state index in [1.165, 1.54) is 34.4 Å². The highest BCUT2D eigenvalue weighted by molar-refractivity contribution is 6.11. The fourth-order valence-corrected chi connectivity index (χ4v) is 9.07. The number of alkyl halides is 3. The van der Waals surface area contributed by atoms with Crippen LogP contribution in [0.2, 0.25) is 0 Å². The number of hydrogen-bond acceptors (Lipinski definition) is 1. The molecule has 0 amide bonds. The molecule has 6 heteroatoms. The first kappa shape index (κ1) is 35.3. The lowest BCUT2D eigenvalue weighted by Crippen LogP contribution is -2.09. The van der Waals surface area contributed by atoms with Crippen LogP contribution >= 0.6 is 0 Å². The van der Waals surface area contributed by atoms with Crippen LogP contribution in [0.3, 0.4) is 0 Å². The number of nitriles is 1. The molecule has 0 aliphatic heterocycles. The zero-order valence-corrected chi connectivity index (χ0v) is 31.9. The van der Waals surface area contributed by atoms with E-state index in [0.29, 0.717) is 34.5 Å². The van der Waals surface area contributed by atoms with Crippen molar-refractivity contribution in [3.05, 3.63) is 191 Å². The summed E-state index contributed by atoms with van der Waals surface area (Å²) in [4.78, 5) is 0. The van der Waals surface area contributed by atoms with E-state index in [0.717, 1.165) is 67.6 Å². The summed E-state index contributed by atoms with van der Waals surface area (Å²) in [6.45, 7) is 4.23. The van der Waals surface area contributed by atoms with Gasteiger partial charge in [-0.3, -0.25) is 0 Å². The van der Waals surface area contributed by atoms with Gasteiger partial charge in [0.25, 0.3) is 0 Å². The van der Waals surface area contributed by atoms with Crippen LogP contribution < -0.4 is 0 Å². The van der Waals surface area contributed by atoms with Gasteiger partial charge >= 0.3 is 6.18 Å². The van der Waals surface area contributed by atoms with E-state index in [4.69, 9.17) is 0 Å². The summed E-state index contributed by atoms with van der Waals surface area (Å²) in [6.07, 6.45) is -0.760. The Bertz CT molecular complexity index is 3200. The Labute approximate surface area is 334 Å². The molecule has 0 bridgehead atoms. The third-order valence-corrected chi connectivity index (χ3v) is 11.8. The molecule has 0 N–H and O–H groups in total. The minimum Gasteiger partial charge on any atom is -0.312 e. The molecule has 7 aromatic carbocycles. The molecule has 10 rings (SSSR count). The molecule has 0 unspecified atom stereocenters. The maximum atomic E-state index is 14.4.